The van der Waals surface area contributed by atoms with Crippen LogP contribution < -0.4 is 4.74 Å². The van der Waals surface area contributed by atoms with E-state index in [1.54, 1.807) is 36.7 Å². The van der Waals surface area contributed by atoms with Crippen LogP contribution in [0, 0.1) is 0 Å². The van der Waals surface area contributed by atoms with Crippen LogP contribution in [-0.4, -0.2) is 11.3 Å². The summed E-state index contributed by atoms with van der Waals surface area (Å²) in [4.78, 5) is 14.5. The van der Waals surface area contributed by atoms with Crippen LogP contribution in [0.3, 0.4) is 0 Å². The number of rotatable bonds is 4. The SMILES string of the molecule is O=Cc1ccc(OCc2ccncc2Cl)c(Cl)c1. The molecule has 92 valence electrons. The molecule has 0 unspecified atom stereocenters. The Labute approximate surface area is 114 Å². The molecule has 0 atom stereocenters. The van der Waals surface area contributed by atoms with Gasteiger partial charge in [-0.15, -0.1) is 0 Å². The minimum atomic E-state index is 0.293. The zero-order valence-corrected chi connectivity index (χ0v) is 10.8. The number of benzene rings is 1. The lowest BCUT2D eigenvalue weighted by atomic mass is 10.2. The van der Waals surface area contributed by atoms with Gasteiger partial charge in [-0.2, -0.15) is 0 Å². The summed E-state index contributed by atoms with van der Waals surface area (Å²) in [6.07, 6.45) is 3.93. The van der Waals surface area contributed by atoms with Crippen LogP contribution in [0.5, 0.6) is 5.75 Å². The molecule has 2 rings (SSSR count). The summed E-state index contributed by atoms with van der Waals surface area (Å²) < 4.78 is 5.54. The van der Waals surface area contributed by atoms with Gasteiger partial charge < -0.3 is 4.74 Å². The average molecular weight is 282 g/mol. The number of pyridine rings is 1. The van der Waals surface area contributed by atoms with Gasteiger partial charge in [0.2, 0.25) is 0 Å². The van der Waals surface area contributed by atoms with Crippen LogP contribution in [0.4, 0.5) is 0 Å². The predicted molar refractivity (Wildman–Crippen MR) is 70.4 cm³/mol. The summed E-state index contributed by atoms with van der Waals surface area (Å²) in [5.41, 5.74) is 1.33. The third kappa shape index (κ3) is 3.00. The maximum Gasteiger partial charge on any atom is 0.150 e. The molecule has 1 aromatic carbocycles. The fourth-order valence-corrected chi connectivity index (χ4v) is 1.80. The van der Waals surface area contributed by atoms with Crippen LogP contribution >= 0.6 is 23.2 Å². The summed E-state index contributed by atoms with van der Waals surface area (Å²) in [6, 6.07) is 6.62. The Kier molecular flexibility index (Phi) is 4.18. The molecule has 0 aliphatic heterocycles. The lowest BCUT2D eigenvalue weighted by Crippen LogP contribution is -1.97. The van der Waals surface area contributed by atoms with Crippen LogP contribution in [-0.2, 0) is 6.61 Å². The zero-order valence-electron chi connectivity index (χ0n) is 9.27. The van der Waals surface area contributed by atoms with Gasteiger partial charge in [0, 0.05) is 23.5 Å². The van der Waals surface area contributed by atoms with E-state index < -0.39 is 0 Å². The summed E-state index contributed by atoms with van der Waals surface area (Å²) in [5.74, 6) is 0.509. The highest BCUT2D eigenvalue weighted by atomic mass is 35.5. The van der Waals surface area contributed by atoms with E-state index in [0.717, 1.165) is 11.8 Å². The van der Waals surface area contributed by atoms with E-state index in [1.807, 2.05) is 0 Å². The third-order valence-corrected chi connectivity index (χ3v) is 2.97. The first-order valence-electron chi connectivity index (χ1n) is 5.16. The van der Waals surface area contributed by atoms with Crippen molar-refractivity contribution in [2.75, 3.05) is 0 Å². The van der Waals surface area contributed by atoms with Crippen molar-refractivity contribution in [3.63, 3.8) is 0 Å². The van der Waals surface area contributed by atoms with Crippen LogP contribution in [0.1, 0.15) is 15.9 Å². The number of ether oxygens (including phenoxy) is 1. The van der Waals surface area contributed by atoms with Crippen LogP contribution in [0.2, 0.25) is 10.0 Å². The summed E-state index contributed by atoms with van der Waals surface area (Å²) in [7, 11) is 0. The van der Waals surface area contributed by atoms with E-state index in [1.165, 1.54) is 0 Å². The van der Waals surface area contributed by atoms with E-state index in [0.29, 0.717) is 28.0 Å². The number of hydrogen-bond donors (Lipinski definition) is 0. The van der Waals surface area contributed by atoms with Gasteiger partial charge in [0.25, 0.3) is 0 Å². The van der Waals surface area contributed by atoms with Gasteiger partial charge in [-0.3, -0.25) is 9.78 Å². The normalized spacial score (nSPS) is 10.1. The molecule has 0 bridgehead atoms. The minimum Gasteiger partial charge on any atom is -0.487 e. The minimum absolute atomic E-state index is 0.293. The first-order chi connectivity index (χ1) is 8.70. The number of aldehydes is 1. The maximum absolute atomic E-state index is 10.6. The molecule has 2 aromatic rings. The first-order valence-corrected chi connectivity index (χ1v) is 5.92. The number of hydrogen-bond acceptors (Lipinski definition) is 3. The molecule has 0 amide bonds. The van der Waals surface area contributed by atoms with Crippen molar-refractivity contribution in [2.45, 2.75) is 6.61 Å². The Morgan fingerprint density at radius 3 is 2.72 bits per heavy atom. The second-order valence-corrected chi connectivity index (χ2v) is 4.38. The van der Waals surface area contributed by atoms with Crippen molar-refractivity contribution in [1.29, 1.82) is 0 Å². The molecule has 3 nitrogen and oxygen atoms in total. The Bertz CT molecular complexity index is 573. The molecule has 1 aromatic heterocycles. The average Bonchev–Trinajstić information content (AvgIpc) is 2.39. The lowest BCUT2D eigenvalue weighted by molar-refractivity contribution is 0.112. The van der Waals surface area contributed by atoms with Gasteiger partial charge in [-0.1, -0.05) is 23.2 Å². The molecular weight excluding hydrogens is 273 g/mol. The smallest absolute Gasteiger partial charge is 0.150 e. The quantitative estimate of drug-likeness (QED) is 0.801. The number of aromatic nitrogens is 1. The number of halogens is 2. The molecule has 0 aliphatic carbocycles. The van der Waals surface area contributed by atoms with E-state index in [4.69, 9.17) is 27.9 Å². The third-order valence-electron chi connectivity index (χ3n) is 2.33. The second-order valence-electron chi connectivity index (χ2n) is 3.56. The van der Waals surface area contributed by atoms with Gasteiger partial charge >= 0.3 is 0 Å². The molecule has 0 saturated carbocycles. The molecule has 0 aliphatic rings. The highest BCUT2D eigenvalue weighted by molar-refractivity contribution is 6.32. The molecule has 0 N–H and O–H groups in total. The fourth-order valence-electron chi connectivity index (χ4n) is 1.38. The van der Waals surface area contributed by atoms with Crippen molar-refractivity contribution in [3.8, 4) is 5.75 Å². The Hall–Kier alpha value is -1.58. The summed E-state index contributed by atoms with van der Waals surface area (Å²) >= 11 is 11.9. The van der Waals surface area contributed by atoms with E-state index in [9.17, 15) is 4.79 Å². The molecule has 5 heteroatoms. The predicted octanol–water partition coefficient (Wildman–Crippen LogP) is 3.78. The Morgan fingerprint density at radius 1 is 1.22 bits per heavy atom. The Morgan fingerprint density at radius 2 is 2.06 bits per heavy atom. The van der Waals surface area contributed by atoms with Gasteiger partial charge in [0.15, 0.2) is 0 Å². The maximum atomic E-state index is 10.6. The Balaban J connectivity index is 2.11. The highest BCUT2D eigenvalue weighted by Crippen LogP contribution is 2.26. The largest absolute Gasteiger partial charge is 0.487 e. The number of carbonyl (C=O) groups is 1. The monoisotopic (exact) mass is 281 g/mol. The topological polar surface area (TPSA) is 39.2 Å². The highest BCUT2D eigenvalue weighted by Gasteiger charge is 2.05. The first kappa shape index (κ1) is 12.9. The van der Waals surface area contributed by atoms with Crippen LogP contribution in [0.25, 0.3) is 0 Å². The lowest BCUT2D eigenvalue weighted by Gasteiger charge is -2.09. The van der Waals surface area contributed by atoms with Gasteiger partial charge in [0.05, 0.1) is 10.0 Å². The van der Waals surface area contributed by atoms with Gasteiger partial charge in [-0.25, -0.2) is 0 Å². The van der Waals surface area contributed by atoms with Crippen LogP contribution in [0.15, 0.2) is 36.7 Å². The van der Waals surface area contributed by atoms with Crippen molar-refractivity contribution in [2.24, 2.45) is 0 Å². The van der Waals surface area contributed by atoms with Crippen molar-refractivity contribution in [1.82, 2.24) is 4.98 Å². The molecule has 0 fully saturated rings. The van der Waals surface area contributed by atoms with Gasteiger partial charge in [0.1, 0.15) is 18.6 Å². The fraction of sp³-hybridized carbons (Fsp3) is 0.0769. The van der Waals surface area contributed by atoms with Crippen molar-refractivity contribution < 1.29 is 9.53 Å². The number of nitrogens with zero attached hydrogens (tertiary/aromatic N) is 1. The molecule has 0 radical (unpaired) electrons. The summed E-state index contributed by atoms with van der Waals surface area (Å²) in [5, 5.41) is 0.933. The molecule has 18 heavy (non-hydrogen) atoms. The van der Waals surface area contributed by atoms with Crippen molar-refractivity contribution in [3.05, 3.63) is 57.8 Å². The molecule has 0 spiro atoms. The van der Waals surface area contributed by atoms with E-state index in [-0.39, 0.29) is 0 Å². The second kappa shape index (κ2) is 5.85. The summed E-state index contributed by atoms with van der Waals surface area (Å²) in [6.45, 7) is 0.293. The molecular formula is C13H9Cl2NO2. The molecule has 1 heterocycles. The van der Waals surface area contributed by atoms with Gasteiger partial charge in [-0.05, 0) is 24.3 Å². The molecule has 0 saturated heterocycles. The van der Waals surface area contributed by atoms with E-state index >= 15 is 0 Å². The van der Waals surface area contributed by atoms with E-state index in [2.05, 4.69) is 4.98 Å². The standard InChI is InChI=1S/C13H9Cl2NO2/c14-11-5-9(7-17)1-2-13(11)18-8-10-3-4-16-6-12(10)15/h1-7H,8H2. The zero-order chi connectivity index (χ0) is 13.0. The number of carbonyl (C=O) groups excluding carboxylic acids is 1. The van der Waals surface area contributed by atoms with Crippen molar-refractivity contribution >= 4 is 29.5 Å².